The minimum absolute atomic E-state index is 0. The lowest BCUT2D eigenvalue weighted by molar-refractivity contribution is -0.00000569. The molecular formula is C20H27IOS. The van der Waals surface area contributed by atoms with Crippen LogP contribution in [0.3, 0.4) is 0 Å². The van der Waals surface area contributed by atoms with Crippen LogP contribution in [-0.4, -0.2) is 7.11 Å². The van der Waals surface area contributed by atoms with Gasteiger partial charge in [0.25, 0.3) is 0 Å². The lowest BCUT2D eigenvalue weighted by atomic mass is 9.90. The maximum Gasteiger partial charge on any atom is 0.219 e. The predicted molar refractivity (Wildman–Crippen MR) is 98.1 cm³/mol. The van der Waals surface area contributed by atoms with E-state index in [-0.39, 0.29) is 34.8 Å². The van der Waals surface area contributed by atoms with Crippen LogP contribution in [0.5, 0.6) is 5.75 Å². The van der Waals surface area contributed by atoms with Gasteiger partial charge < -0.3 is 28.7 Å². The van der Waals surface area contributed by atoms with E-state index in [4.69, 9.17) is 4.74 Å². The molecule has 0 spiro atoms. The van der Waals surface area contributed by atoms with Crippen LogP contribution in [0.1, 0.15) is 51.3 Å². The molecular weight excluding hydrogens is 415 g/mol. The molecule has 0 atom stereocenters. The van der Waals surface area contributed by atoms with Gasteiger partial charge in [0.1, 0.15) is 5.75 Å². The zero-order chi connectivity index (χ0) is 16.5. The monoisotopic (exact) mass is 442 g/mol. The quantitative estimate of drug-likeness (QED) is 0.513. The maximum absolute atomic E-state index is 5.26. The van der Waals surface area contributed by atoms with E-state index < -0.39 is 0 Å². The Morgan fingerprint density at radius 3 is 1.52 bits per heavy atom. The summed E-state index contributed by atoms with van der Waals surface area (Å²) in [6.07, 6.45) is 0. The normalized spacial score (nSPS) is 11.8. The number of ether oxygens (including phenoxy) is 1. The van der Waals surface area contributed by atoms with Gasteiger partial charge >= 0.3 is 0 Å². The van der Waals surface area contributed by atoms with Crippen LogP contribution >= 0.6 is 11.3 Å². The molecule has 1 heterocycles. The molecule has 1 nitrogen and oxygen atoms in total. The van der Waals surface area contributed by atoms with Gasteiger partial charge in [-0.1, -0.05) is 53.7 Å². The average Bonchev–Trinajstić information content (AvgIpc) is 2.45. The van der Waals surface area contributed by atoms with Crippen LogP contribution in [0.4, 0.5) is 0 Å². The highest BCUT2D eigenvalue weighted by Crippen LogP contribution is 2.38. The van der Waals surface area contributed by atoms with Crippen molar-refractivity contribution >= 4 is 11.3 Å². The fraction of sp³-hybridized carbons (Fsp3) is 0.450. The van der Waals surface area contributed by atoms with Gasteiger partial charge in [-0.25, -0.2) is 0 Å². The molecule has 0 bridgehead atoms. The van der Waals surface area contributed by atoms with E-state index in [9.17, 15) is 0 Å². The second-order valence-electron chi connectivity index (χ2n) is 7.80. The minimum Gasteiger partial charge on any atom is -1.00 e. The van der Waals surface area contributed by atoms with Crippen molar-refractivity contribution in [2.45, 2.75) is 52.4 Å². The first-order valence-electron chi connectivity index (χ1n) is 7.75. The van der Waals surface area contributed by atoms with Crippen molar-refractivity contribution in [2.75, 3.05) is 7.11 Å². The maximum atomic E-state index is 5.26. The molecule has 0 radical (unpaired) electrons. The lowest BCUT2D eigenvalue weighted by Crippen LogP contribution is -3.00. The molecule has 0 saturated carbocycles. The van der Waals surface area contributed by atoms with E-state index in [1.807, 2.05) is 23.5 Å². The molecule has 126 valence electrons. The van der Waals surface area contributed by atoms with Crippen molar-refractivity contribution in [3.05, 3.63) is 46.2 Å². The van der Waals surface area contributed by atoms with Crippen LogP contribution in [0, 0.1) is 0 Å². The Balaban J connectivity index is 0.00000264. The molecule has 1 aromatic heterocycles. The van der Waals surface area contributed by atoms with Crippen molar-refractivity contribution in [3.63, 3.8) is 0 Å². The summed E-state index contributed by atoms with van der Waals surface area (Å²) in [5.74, 6) is 0.898. The van der Waals surface area contributed by atoms with Gasteiger partial charge in [-0.2, -0.15) is 0 Å². The summed E-state index contributed by atoms with van der Waals surface area (Å²) in [6.45, 7) is 13.7. The minimum atomic E-state index is 0. The molecule has 3 heteroatoms. The first-order chi connectivity index (χ1) is 10.1. The van der Waals surface area contributed by atoms with E-state index in [2.05, 4.69) is 65.8 Å². The Morgan fingerprint density at radius 1 is 0.739 bits per heavy atom. The van der Waals surface area contributed by atoms with E-state index in [1.165, 1.54) is 20.9 Å². The highest BCUT2D eigenvalue weighted by molar-refractivity contribution is 7.12. The van der Waals surface area contributed by atoms with Gasteiger partial charge in [0.2, 0.25) is 21.1 Å². The summed E-state index contributed by atoms with van der Waals surface area (Å²) < 4.78 is 5.26. The van der Waals surface area contributed by atoms with E-state index in [1.54, 1.807) is 7.11 Å². The number of benzene rings is 1. The van der Waals surface area contributed by atoms with Gasteiger partial charge in [-0.05, 0) is 23.3 Å². The fourth-order valence-electron chi connectivity index (χ4n) is 2.19. The fourth-order valence-corrected chi connectivity index (χ4v) is 3.41. The van der Waals surface area contributed by atoms with Gasteiger partial charge in [-0.15, -0.1) is 0 Å². The van der Waals surface area contributed by atoms with Crippen molar-refractivity contribution < 1.29 is 28.7 Å². The zero-order valence-electron chi connectivity index (χ0n) is 15.2. The molecule has 0 unspecified atom stereocenters. The van der Waals surface area contributed by atoms with Crippen LogP contribution in [0.2, 0.25) is 0 Å². The first kappa shape index (κ1) is 20.4. The van der Waals surface area contributed by atoms with E-state index >= 15 is 0 Å². The third-order valence-corrected chi connectivity index (χ3v) is 5.60. The van der Waals surface area contributed by atoms with Crippen molar-refractivity contribution in [3.8, 4) is 16.9 Å². The molecule has 0 fully saturated rings. The van der Waals surface area contributed by atoms with Crippen LogP contribution in [-0.2, 0) is 10.8 Å². The lowest BCUT2D eigenvalue weighted by Gasteiger charge is -2.16. The second kappa shape index (κ2) is 7.47. The molecule has 0 aliphatic carbocycles. The summed E-state index contributed by atoms with van der Waals surface area (Å²) in [6, 6.07) is 13.0. The molecule has 0 N–H and O–H groups in total. The van der Waals surface area contributed by atoms with Crippen LogP contribution in [0.25, 0.3) is 11.1 Å². The smallest absolute Gasteiger partial charge is 0.219 e. The number of halogens is 1. The Morgan fingerprint density at radius 2 is 1.17 bits per heavy atom. The topological polar surface area (TPSA) is 9.23 Å². The SMILES string of the molecule is COc1ccc(-c2cc(C(C)(C)C)[s+]c(C(C)(C)C)c2)cc1.[I-]. The summed E-state index contributed by atoms with van der Waals surface area (Å²) in [5.41, 5.74) is 2.85. The zero-order valence-corrected chi connectivity index (χ0v) is 18.1. The predicted octanol–water partition coefficient (Wildman–Crippen LogP) is 3.30. The highest BCUT2D eigenvalue weighted by atomic mass is 127. The molecule has 2 rings (SSSR count). The second-order valence-corrected chi connectivity index (χ2v) is 8.89. The summed E-state index contributed by atoms with van der Waals surface area (Å²) in [4.78, 5) is 2.84. The van der Waals surface area contributed by atoms with Crippen LogP contribution in [0.15, 0.2) is 36.4 Å². The van der Waals surface area contributed by atoms with Crippen molar-refractivity contribution in [1.82, 2.24) is 0 Å². The third-order valence-electron chi connectivity index (χ3n) is 3.69. The number of hydrogen-bond donors (Lipinski definition) is 0. The van der Waals surface area contributed by atoms with Gasteiger partial charge in [0, 0.05) is 23.0 Å². The Labute approximate surface area is 162 Å². The number of hydrogen-bond acceptors (Lipinski definition) is 1. The Kier molecular flexibility index (Phi) is 6.62. The number of rotatable bonds is 2. The highest BCUT2D eigenvalue weighted by Gasteiger charge is 2.32. The summed E-state index contributed by atoms with van der Waals surface area (Å²) in [5, 5.41) is 0. The van der Waals surface area contributed by atoms with E-state index in [0.717, 1.165) is 5.75 Å². The molecule has 0 aliphatic rings. The molecule has 1 aromatic carbocycles. The molecule has 0 saturated heterocycles. The van der Waals surface area contributed by atoms with Crippen molar-refractivity contribution in [1.29, 1.82) is 0 Å². The van der Waals surface area contributed by atoms with Crippen molar-refractivity contribution in [2.24, 2.45) is 0 Å². The first-order valence-corrected chi connectivity index (χ1v) is 8.56. The summed E-state index contributed by atoms with van der Waals surface area (Å²) in [7, 11) is 1.70. The van der Waals surface area contributed by atoms with E-state index in [0.29, 0.717) is 0 Å². The molecule has 0 aliphatic heterocycles. The molecule has 2 aromatic rings. The third kappa shape index (κ3) is 5.15. The molecule has 23 heavy (non-hydrogen) atoms. The Bertz CT molecular complexity index is 617. The van der Waals surface area contributed by atoms with Gasteiger partial charge in [-0.3, -0.25) is 0 Å². The van der Waals surface area contributed by atoms with Crippen LogP contribution < -0.4 is 28.7 Å². The molecule has 0 amide bonds. The summed E-state index contributed by atoms with van der Waals surface area (Å²) >= 11 is 1.93. The largest absolute Gasteiger partial charge is 1.00 e. The van der Waals surface area contributed by atoms with Gasteiger partial charge in [0.15, 0.2) is 0 Å². The average molecular weight is 442 g/mol. The Hall–Kier alpha value is -0.680. The van der Waals surface area contributed by atoms with Gasteiger partial charge in [0.05, 0.1) is 7.11 Å². The number of methoxy groups -OCH3 is 1. The standard InChI is InChI=1S/C20H27OS.HI/c1-19(2,3)17-12-15(13-18(22-17)20(4,5)6)14-8-10-16(21-7)11-9-14;/h8-13H,1-7H3;1H/q+1;/p-1.